The maximum Gasteiger partial charge on any atom is 0.190 e. The van der Waals surface area contributed by atoms with Crippen LogP contribution in [0, 0.1) is 6.92 Å². The third-order valence-electron chi connectivity index (χ3n) is 3.19. The van der Waals surface area contributed by atoms with Crippen LogP contribution < -0.4 is 5.32 Å². The molecule has 1 N–H and O–H groups in total. The van der Waals surface area contributed by atoms with Gasteiger partial charge in [-0.05, 0) is 31.5 Å². The highest BCUT2D eigenvalue weighted by Gasteiger charge is 2.07. The van der Waals surface area contributed by atoms with Crippen LogP contribution in [0.5, 0.6) is 0 Å². The Bertz CT molecular complexity index is 659. The lowest BCUT2D eigenvalue weighted by molar-refractivity contribution is 0.103. The number of hydrogen-bond acceptors (Lipinski definition) is 2. The van der Waals surface area contributed by atoms with Gasteiger partial charge in [-0.2, -0.15) is 0 Å². The van der Waals surface area contributed by atoms with Crippen LogP contribution in [0.25, 0.3) is 0 Å². The normalized spacial score (nSPS) is 11.3. The fourth-order valence-electron chi connectivity index (χ4n) is 1.97. The van der Waals surface area contributed by atoms with Crippen molar-refractivity contribution in [2.24, 2.45) is 0 Å². The summed E-state index contributed by atoms with van der Waals surface area (Å²) in [5.74, 6) is 0.0357. The second-order valence-corrected chi connectivity index (χ2v) is 5.47. The van der Waals surface area contributed by atoms with Crippen molar-refractivity contribution in [3.63, 3.8) is 0 Å². The number of rotatable bonds is 5. The molecular weight excluding hydrogens is 282 g/mol. The number of carbonyl (C=O) groups is 1. The monoisotopic (exact) mass is 299 g/mol. The summed E-state index contributed by atoms with van der Waals surface area (Å²) in [5.41, 5.74) is 3.61. The van der Waals surface area contributed by atoms with Crippen LogP contribution in [0.1, 0.15) is 28.4 Å². The lowest BCUT2D eigenvalue weighted by Gasteiger charge is -2.05. The summed E-state index contributed by atoms with van der Waals surface area (Å²) in [6.45, 7) is 4.45. The van der Waals surface area contributed by atoms with Crippen LogP contribution >= 0.6 is 11.6 Å². The molecule has 2 aromatic carbocycles. The molecule has 2 aromatic rings. The molecule has 0 aliphatic rings. The molecule has 0 atom stereocenters. The number of aryl methyl sites for hydroxylation is 1. The van der Waals surface area contributed by atoms with Crippen LogP contribution in [-0.2, 0) is 6.54 Å². The minimum Gasteiger partial charge on any atom is -0.386 e. The Morgan fingerprint density at radius 2 is 1.90 bits per heavy atom. The number of benzene rings is 2. The predicted molar refractivity (Wildman–Crippen MR) is 87.6 cm³/mol. The van der Waals surface area contributed by atoms with Crippen molar-refractivity contribution in [1.82, 2.24) is 5.32 Å². The third kappa shape index (κ3) is 4.47. The lowest BCUT2D eigenvalue weighted by atomic mass is 10.0. The van der Waals surface area contributed by atoms with E-state index in [1.807, 2.05) is 62.4 Å². The van der Waals surface area contributed by atoms with Gasteiger partial charge in [-0.1, -0.05) is 53.6 Å². The van der Waals surface area contributed by atoms with Gasteiger partial charge in [-0.15, -0.1) is 0 Å². The predicted octanol–water partition coefficient (Wildman–Crippen LogP) is 4.52. The van der Waals surface area contributed by atoms with Gasteiger partial charge in [0, 0.05) is 28.9 Å². The van der Waals surface area contributed by atoms with Gasteiger partial charge in [0.15, 0.2) is 5.78 Å². The topological polar surface area (TPSA) is 29.1 Å². The van der Waals surface area contributed by atoms with Crippen molar-refractivity contribution >= 4 is 17.4 Å². The van der Waals surface area contributed by atoms with E-state index in [0.29, 0.717) is 22.7 Å². The van der Waals surface area contributed by atoms with Crippen molar-refractivity contribution in [3.8, 4) is 0 Å². The molecule has 21 heavy (non-hydrogen) atoms. The zero-order chi connectivity index (χ0) is 15.2. The second-order valence-electron chi connectivity index (χ2n) is 5.03. The average Bonchev–Trinajstić information content (AvgIpc) is 2.47. The fraction of sp³-hybridized carbons (Fsp3) is 0.167. The second kappa shape index (κ2) is 7.09. The minimum absolute atomic E-state index is 0.0357. The van der Waals surface area contributed by atoms with Gasteiger partial charge in [0.2, 0.25) is 0 Å². The molecule has 0 unspecified atom stereocenters. The van der Waals surface area contributed by atoms with Crippen LogP contribution in [0.4, 0.5) is 0 Å². The van der Waals surface area contributed by atoms with Crippen LogP contribution in [0.3, 0.4) is 0 Å². The van der Waals surface area contributed by atoms with Crippen molar-refractivity contribution in [2.75, 3.05) is 0 Å². The minimum atomic E-state index is 0.0357. The molecule has 0 bridgehead atoms. The van der Waals surface area contributed by atoms with E-state index in [9.17, 15) is 4.79 Å². The largest absolute Gasteiger partial charge is 0.386 e. The van der Waals surface area contributed by atoms with Crippen LogP contribution in [0.2, 0.25) is 5.02 Å². The molecule has 0 spiro atoms. The van der Waals surface area contributed by atoms with Gasteiger partial charge in [-0.25, -0.2) is 0 Å². The van der Waals surface area contributed by atoms with E-state index in [1.54, 1.807) is 6.20 Å². The Hall–Kier alpha value is -2.06. The van der Waals surface area contributed by atoms with Gasteiger partial charge in [-0.3, -0.25) is 4.79 Å². The molecule has 0 heterocycles. The van der Waals surface area contributed by atoms with Crippen LogP contribution in [-0.4, -0.2) is 5.78 Å². The molecule has 0 aliphatic carbocycles. The molecule has 0 saturated heterocycles. The molecule has 2 rings (SSSR count). The van der Waals surface area contributed by atoms with E-state index in [4.69, 9.17) is 11.6 Å². The molecule has 0 fully saturated rings. The summed E-state index contributed by atoms with van der Waals surface area (Å²) in [5, 5.41) is 3.86. The summed E-state index contributed by atoms with van der Waals surface area (Å²) >= 11 is 5.93. The molecule has 3 heteroatoms. The first-order chi connectivity index (χ1) is 10.1. The number of ketones is 1. The molecule has 0 aromatic heterocycles. The van der Waals surface area contributed by atoms with E-state index < -0.39 is 0 Å². The standard InChI is InChI=1S/C18H18ClNO/c1-13-6-8-16(9-7-13)18(21)14(2)11-20-12-15-4-3-5-17(19)10-15/h3-11,20H,12H2,1-2H3. The first-order valence-corrected chi connectivity index (χ1v) is 7.20. The molecular formula is C18H18ClNO. The van der Waals surface area contributed by atoms with E-state index >= 15 is 0 Å². The summed E-state index contributed by atoms with van der Waals surface area (Å²) in [4.78, 5) is 12.2. The molecule has 0 aliphatic heterocycles. The average molecular weight is 300 g/mol. The first-order valence-electron chi connectivity index (χ1n) is 6.82. The van der Waals surface area contributed by atoms with Crippen LogP contribution in [0.15, 0.2) is 60.3 Å². The zero-order valence-electron chi connectivity index (χ0n) is 12.2. The Morgan fingerprint density at radius 1 is 1.19 bits per heavy atom. The number of hydrogen-bond donors (Lipinski definition) is 1. The molecule has 0 saturated carbocycles. The highest BCUT2D eigenvalue weighted by Crippen LogP contribution is 2.11. The van der Waals surface area contributed by atoms with Gasteiger partial charge in [0.05, 0.1) is 0 Å². The SMILES string of the molecule is CC(=CNCc1cccc(Cl)c1)C(=O)c1ccc(C)cc1. The van der Waals surface area contributed by atoms with Crippen molar-refractivity contribution < 1.29 is 4.79 Å². The van der Waals surface area contributed by atoms with E-state index in [1.165, 1.54) is 0 Å². The van der Waals surface area contributed by atoms with E-state index in [-0.39, 0.29) is 5.78 Å². The number of carbonyl (C=O) groups excluding carboxylic acids is 1. The number of halogens is 1. The maximum atomic E-state index is 12.2. The molecule has 2 nitrogen and oxygen atoms in total. The number of allylic oxidation sites excluding steroid dienone is 1. The Balaban J connectivity index is 1.97. The number of Topliss-reactive ketones (excluding diaryl/α,β-unsaturated/α-hetero) is 1. The third-order valence-corrected chi connectivity index (χ3v) is 3.42. The van der Waals surface area contributed by atoms with Crippen molar-refractivity contribution in [1.29, 1.82) is 0 Å². The smallest absolute Gasteiger partial charge is 0.190 e. The summed E-state index contributed by atoms with van der Waals surface area (Å²) < 4.78 is 0. The molecule has 0 amide bonds. The quantitative estimate of drug-likeness (QED) is 0.649. The zero-order valence-corrected chi connectivity index (χ0v) is 12.9. The van der Waals surface area contributed by atoms with Gasteiger partial charge >= 0.3 is 0 Å². The van der Waals surface area contributed by atoms with Crippen molar-refractivity contribution in [2.45, 2.75) is 20.4 Å². The van der Waals surface area contributed by atoms with Gasteiger partial charge in [0.25, 0.3) is 0 Å². The number of nitrogens with one attached hydrogen (secondary N) is 1. The Morgan fingerprint density at radius 3 is 2.57 bits per heavy atom. The molecule has 0 radical (unpaired) electrons. The highest BCUT2D eigenvalue weighted by molar-refractivity contribution is 6.30. The van der Waals surface area contributed by atoms with Crippen molar-refractivity contribution in [3.05, 3.63) is 82.0 Å². The van der Waals surface area contributed by atoms with E-state index in [0.717, 1.165) is 11.1 Å². The lowest BCUT2D eigenvalue weighted by Crippen LogP contribution is -2.09. The Kier molecular flexibility index (Phi) is 5.18. The summed E-state index contributed by atoms with van der Waals surface area (Å²) in [7, 11) is 0. The maximum absolute atomic E-state index is 12.2. The van der Waals surface area contributed by atoms with E-state index in [2.05, 4.69) is 5.32 Å². The first kappa shape index (κ1) is 15.3. The Labute approximate surface area is 130 Å². The fourth-order valence-corrected chi connectivity index (χ4v) is 2.18. The summed E-state index contributed by atoms with van der Waals surface area (Å²) in [6, 6.07) is 15.2. The highest BCUT2D eigenvalue weighted by atomic mass is 35.5. The van der Waals surface area contributed by atoms with Gasteiger partial charge in [0.1, 0.15) is 0 Å². The molecule has 108 valence electrons. The van der Waals surface area contributed by atoms with Gasteiger partial charge < -0.3 is 5.32 Å². The summed E-state index contributed by atoms with van der Waals surface area (Å²) in [6.07, 6.45) is 1.75.